The van der Waals surface area contributed by atoms with Crippen molar-refractivity contribution in [2.45, 2.75) is 13.8 Å². The Balaban J connectivity index is 3.02. The predicted molar refractivity (Wildman–Crippen MR) is 54.0 cm³/mol. The third kappa shape index (κ3) is 1.63. The van der Waals surface area contributed by atoms with Crippen LogP contribution in [0.2, 0.25) is 0 Å². The van der Waals surface area contributed by atoms with Gasteiger partial charge in [-0.3, -0.25) is 0 Å². The molecular formula is C7H9NO2S2. The van der Waals surface area contributed by atoms with E-state index in [0.717, 1.165) is 5.70 Å². The van der Waals surface area contributed by atoms with Crippen molar-refractivity contribution in [3.63, 3.8) is 0 Å². The normalized spacial score (nSPS) is 22.2. The molecule has 0 bridgehead atoms. The van der Waals surface area contributed by atoms with Crippen LogP contribution in [0.25, 0.3) is 0 Å². The summed E-state index contributed by atoms with van der Waals surface area (Å²) in [6.45, 7) is 4.20. The predicted octanol–water partition coefficient (Wildman–Crippen LogP) is 1.85. The van der Waals surface area contributed by atoms with E-state index in [1.807, 2.05) is 12.2 Å². The van der Waals surface area contributed by atoms with Crippen LogP contribution in [0.1, 0.15) is 13.8 Å². The first-order chi connectivity index (χ1) is 5.70. The number of rotatable bonds is 2. The zero-order valence-electron chi connectivity index (χ0n) is 6.83. The molecule has 1 atom stereocenters. The van der Waals surface area contributed by atoms with Crippen molar-refractivity contribution in [2.24, 2.45) is 4.99 Å². The van der Waals surface area contributed by atoms with Crippen LogP contribution in [0.3, 0.4) is 0 Å². The summed E-state index contributed by atoms with van der Waals surface area (Å²) >= 11 is 4.06. The third-order valence-corrected chi connectivity index (χ3v) is 3.34. The number of allylic oxidation sites excluding steroid dienone is 1. The lowest BCUT2D eigenvalue weighted by Crippen LogP contribution is -1.90. The van der Waals surface area contributed by atoms with Crippen LogP contribution < -0.4 is 0 Å². The lowest BCUT2D eigenvalue weighted by molar-refractivity contribution is 0.255. The molecule has 0 radical (unpaired) electrons. The molecule has 5 heteroatoms. The molecule has 0 aromatic heterocycles. The first kappa shape index (κ1) is 9.58. The van der Waals surface area contributed by atoms with Gasteiger partial charge in [0.05, 0.1) is 12.3 Å². The Morgan fingerprint density at radius 2 is 2.42 bits per heavy atom. The number of carbonyl (C=O) groups excluding carboxylic acids is 1. The summed E-state index contributed by atoms with van der Waals surface area (Å²) in [5.74, 6) is 0. The van der Waals surface area contributed by atoms with Crippen molar-refractivity contribution in [2.75, 3.05) is 6.61 Å². The lowest BCUT2D eigenvalue weighted by Gasteiger charge is -2.04. The van der Waals surface area contributed by atoms with Gasteiger partial charge in [-0.25, -0.2) is 9.79 Å². The maximum absolute atomic E-state index is 10.5. The SMILES string of the molecule is CCOC1=C(C)N=C(S)S1=C=O. The van der Waals surface area contributed by atoms with Gasteiger partial charge in [0.15, 0.2) is 10.3 Å². The van der Waals surface area contributed by atoms with Crippen molar-refractivity contribution in [1.29, 1.82) is 0 Å². The van der Waals surface area contributed by atoms with E-state index in [4.69, 9.17) is 4.74 Å². The monoisotopic (exact) mass is 203 g/mol. The number of hydrogen-bond donors (Lipinski definition) is 1. The van der Waals surface area contributed by atoms with E-state index >= 15 is 0 Å². The molecule has 1 rings (SSSR count). The van der Waals surface area contributed by atoms with E-state index < -0.39 is 10.5 Å². The Morgan fingerprint density at radius 1 is 1.75 bits per heavy atom. The maximum atomic E-state index is 10.5. The van der Waals surface area contributed by atoms with Crippen LogP contribution in [-0.2, 0) is 9.53 Å². The van der Waals surface area contributed by atoms with E-state index in [9.17, 15) is 4.79 Å². The Hall–Kier alpha value is -0.510. The van der Waals surface area contributed by atoms with Gasteiger partial charge in [0, 0.05) is 10.5 Å². The second-order valence-electron chi connectivity index (χ2n) is 2.09. The summed E-state index contributed by atoms with van der Waals surface area (Å²) in [5, 5.41) is 2.48. The molecule has 0 N–H and O–H groups in total. The quantitative estimate of drug-likeness (QED) is 0.549. The van der Waals surface area contributed by atoms with E-state index in [2.05, 4.69) is 17.6 Å². The maximum Gasteiger partial charge on any atom is 0.185 e. The minimum absolute atomic E-state index is 0.492. The van der Waals surface area contributed by atoms with Crippen molar-refractivity contribution >= 4 is 32.7 Å². The zero-order chi connectivity index (χ0) is 9.14. The van der Waals surface area contributed by atoms with Crippen LogP contribution in [0.15, 0.2) is 15.8 Å². The summed E-state index contributed by atoms with van der Waals surface area (Å²) in [5.41, 5.74) is 0.730. The first-order valence-corrected chi connectivity index (χ1v) is 5.11. The number of hydrogen-bond acceptors (Lipinski definition) is 3. The molecule has 1 aliphatic heterocycles. The summed E-state index contributed by atoms with van der Waals surface area (Å²) in [6.07, 6.45) is 0. The molecule has 1 aliphatic rings. The third-order valence-electron chi connectivity index (χ3n) is 1.29. The van der Waals surface area contributed by atoms with Gasteiger partial charge < -0.3 is 4.74 Å². The summed E-state index contributed by atoms with van der Waals surface area (Å²) in [4.78, 5) is 14.5. The van der Waals surface area contributed by atoms with Crippen molar-refractivity contribution in [3.05, 3.63) is 10.8 Å². The molecule has 0 amide bonds. The highest BCUT2D eigenvalue weighted by molar-refractivity contribution is 8.43. The zero-order valence-corrected chi connectivity index (χ0v) is 8.54. The number of aliphatic imine (C=N–C) groups is 1. The molecule has 0 aromatic rings. The van der Waals surface area contributed by atoms with E-state index in [0.29, 0.717) is 16.1 Å². The number of nitrogens with zero attached hydrogens (tertiary/aromatic N) is 1. The van der Waals surface area contributed by atoms with Gasteiger partial charge in [-0.1, -0.05) is 0 Å². The molecule has 66 valence electrons. The summed E-state index contributed by atoms with van der Waals surface area (Å²) < 4.78 is 5.75. The molecular weight excluding hydrogens is 194 g/mol. The molecule has 0 aromatic carbocycles. The van der Waals surface area contributed by atoms with Crippen LogP contribution >= 0.6 is 23.1 Å². The Kier molecular flexibility index (Phi) is 3.14. The van der Waals surface area contributed by atoms with Gasteiger partial charge in [0.25, 0.3) is 0 Å². The fraction of sp³-hybridized carbons (Fsp3) is 0.429. The average Bonchev–Trinajstić information content (AvgIpc) is 2.28. The van der Waals surface area contributed by atoms with Crippen LogP contribution in [0.5, 0.6) is 0 Å². The molecule has 1 unspecified atom stereocenters. The number of ether oxygens (including phenoxy) is 1. The molecule has 0 spiro atoms. The average molecular weight is 203 g/mol. The van der Waals surface area contributed by atoms with Crippen LogP contribution in [0.4, 0.5) is 0 Å². The van der Waals surface area contributed by atoms with E-state index in [-0.39, 0.29) is 0 Å². The highest BCUT2D eigenvalue weighted by Crippen LogP contribution is 2.37. The van der Waals surface area contributed by atoms with Crippen molar-refractivity contribution in [1.82, 2.24) is 0 Å². The minimum atomic E-state index is -0.781. The van der Waals surface area contributed by atoms with Gasteiger partial charge in [0.1, 0.15) is 4.38 Å². The molecule has 0 fully saturated rings. The van der Waals surface area contributed by atoms with Gasteiger partial charge in [-0.2, -0.15) is 0 Å². The largest absolute Gasteiger partial charge is 0.485 e. The fourth-order valence-electron chi connectivity index (χ4n) is 0.835. The van der Waals surface area contributed by atoms with Gasteiger partial charge in [-0.15, -0.1) is 12.6 Å². The second kappa shape index (κ2) is 3.94. The number of thiol groups is 1. The fourth-order valence-corrected chi connectivity index (χ4v) is 2.47. The summed E-state index contributed by atoms with van der Waals surface area (Å²) in [7, 11) is -0.781. The molecule has 0 saturated carbocycles. The van der Waals surface area contributed by atoms with Gasteiger partial charge in [0.2, 0.25) is 0 Å². The Labute approximate surface area is 78.9 Å². The first-order valence-electron chi connectivity index (χ1n) is 3.44. The van der Waals surface area contributed by atoms with Crippen LogP contribution in [0, 0.1) is 0 Å². The van der Waals surface area contributed by atoms with Crippen LogP contribution in [-0.4, -0.2) is 16.2 Å². The molecule has 3 nitrogen and oxygen atoms in total. The van der Waals surface area contributed by atoms with E-state index in [1.165, 1.54) is 0 Å². The Bertz CT molecular complexity index is 313. The smallest absolute Gasteiger partial charge is 0.185 e. The highest BCUT2D eigenvalue weighted by Gasteiger charge is 2.20. The highest BCUT2D eigenvalue weighted by atomic mass is 32.2. The van der Waals surface area contributed by atoms with Gasteiger partial charge >= 0.3 is 0 Å². The molecule has 0 saturated heterocycles. The molecule has 1 heterocycles. The topological polar surface area (TPSA) is 38.7 Å². The second-order valence-corrected chi connectivity index (χ2v) is 4.35. The van der Waals surface area contributed by atoms with Crippen molar-refractivity contribution in [3.8, 4) is 0 Å². The minimum Gasteiger partial charge on any atom is -0.485 e. The molecule has 0 aliphatic carbocycles. The Morgan fingerprint density at radius 3 is 2.92 bits per heavy atom. The molecule has 12 heavy (non-hydrogen) atoms. The lowest BCUT2D eigenvalue weighted by atomic mass is 10.6. The van der Waals surface area contributed by atoms with E-state index in [1.54, 1.807) is 6.92 Å². The standard InChI is InChI=1S/C7H9NO2S2/c1-3-10-6-5(2)8-7(11)12(6)4-9/h3H2,1-2H3,(H,8,11). The summed E-state index contributed by atoms with van der Waals surface area (Å²) in [6, 6.07) is 0. The van der Waals surface area contributed by atoms with Gasteiger partial charge in [-0.05, 0) is 13.8 Å². The van der Waals surface area contributed by atoms with Crippen molar-refractivity contribution < 1.29 is 9.53 Å².